The molecule has 0 spiro atoms. The van der Waals surface area contributed by atoms with Gasteiger partial charge in [-0.25, -0.2) is 4.98 Å². The molecule has 1 aliphatic heterocycles. The molecule has 1 aliphatic rings. The van der Waals surface area contributed by atoms with Gasteiger partial charge < -0.3 is 41.8 Å². The Morgan fingerprint density at radius 3 is 2.31 bits per heavy atom. The lowest BCUT2D eigenvalue weighted by atomic mass is 9.92. The Bertz CT molecular complexity index is 2720. The van der Waals surface area contributed by atoms with Crippen LogP contribution in [0.5, 0.6) is 5.75 Å². The minimum absolute atomic E-state index is 0.00728. The van der Waals surface area contributed by atoms with E-state index in [-0.39, 0.29) is 48.0 Å². The number of benzene rings is 2. The molecule has 2 aromatic carbocycles. The molecule has 0 saturated heterocycles. The number of anilines is 1. The summed E-state index contributed by atoms with van der Waals surface area (Å²) in [4.78, 5) is 63.9. The molecule has 67 heavy (non-hydrogen) atoms. The predicted molar refractivity (Wildman–Crippen MR) is 259 cm³/mol. The third-order valence-corrected chi connectivity index (χ3v) is 12.8. The monoisotopic (exact) mass is 950 g/mol. The van der Waals surface area contributed by atoms with Crippen LogP contribution in [0.2, 0.25) is 10.0 Å². The van der Waals surface area contributed by atoms with Gasteiger partial charge in [-0.3, -0.25) is 28.8 Å². The Balaban J connectivity index is 0.742. The quantitative estimate of drug-likeness (QED) is 0.0366. The average molecular weight is 952 g/mol. The van der Waals surface area contributed by atoms with E-state index in [4.69, 9.17) is 34.0 Å². The first-order chi connectivity index (χ1) is 32.4. The number of H-pyrrole nitrogens is 1. The number of carbonyl (C=O) groups excluding carboxylic acids is 4. The lowest BCUT2D eigenvalue weighted by Gasteiger charge is -2.26. The number of nitrogens with one attached hydrogen (secondary N) is 4. The summed E-state index contributed by atoms with van der Waals surface area (Å²) in [6, 6.07) is 13.9. The summed E-state index contributed by atoms with van der Waals surface area (Å²) in [5, 5.41) is 34.2. The maximum absolute atomic E-state index is 12.8. The van der Waals surface area contributed by atoms with Crippen molar-refractivity contribution in [3.8, 4) is 39.3 Å². The van der Waals surface area contributed by atoms with Gasteiger partial charge in [-0.05, 0) is 60.7 Å². The molecular weight excluding hydrogens is 896 g/mol. The van der Waals surface area contributed by atoms with Gasteiger partial charge in [0.05, 0.1) is 27.8 Å². The molecule has 5 heterocycles. The number of nitrogen functional groups attached to an aromatic ring is 1. The molecule has 0 bridgehead atoms. The summed E-state index contributed by atoms with van der Waals surface area (Å²) >= 11 is 13.2. The first-order valence-electron chi connectivity index (χ1n) is 22.7. The Morgan fingerprint density at radius 1 is 0.836 bits per heavy atom. The number of aromatic amines is 1. The zero-order chi connectivity index (χ0) is 47.5. The number of aliphatic hydroxyl groups excluding tert-OH is 1. The third kappa shape index (κ3) is 11.9. The molecule has 0 unspecified atom stereocenters. The number of halogens is 2. The van der Waals surface area contributed by atoms with Gasteiger partial charge >= 0.3 is 0 Å². The topological polar surface area (TPSA) is 233 Å². The lowest BCUT2D eigenvalue weighted by molar-refractivity contribution is -0.135. The molecule has 0 fully saturated rings. The number of carbonyl (C=O) groups is 4. The molecule has 4 aromatic heterocycles. The Labute approximate surface area is 398 Å². The largest absolute Gasteiger partial charge is 0.508 e. The fourth-order valence-electron chi connectivity index (χ4n) is 8.52. The lowest BCUT2D eigenvalue weighted by Crippen LogP contribution is -2.37. The number of aliphatic hydroxyl groups is 1. The van der Waals surface area contributed by atoms with Crippen LogP contribution in [0.4, 0.5) is 5.82 Å². The number of unbranched alkanes of at least 4 members (excludes halogenated alkanes) is 5. The van der Waals surface area contributed by atoms with Gasteiger partial charge in [-0.2, -0.15) is 5.10 Å². The maximum atomic E-state index is 12.8. The van der Waals surface area contributed by atoms with Gasteiger partial charge in [0.15, 0.2) is 0 Å². The number of phenolic OH excluding ortho intramolecular Hbond substituents is 1. The summed E-state index contributed by atoms with van der Waals surface area (Å²) in [6.45, 7) is 3.96. The van der Waals surface area contributed by atoms with Crippen LogP contribution >= 0.6 is 23.2 Å². The number of aromatic hydroxyl groups is 1. The van der Waals surface area contributed by atoms with Crippen LogP contribution in [-0.2, 0) is 40.3 Å². The highest BCUT2D eigenvalue weighted by molar-refractivity contribution is 6.45. The van der Waals surface area contributed by atoms with Gasteiger partial charge in [0, 0.05) is 109 Å². The van der Waals surface area contributed by atoms with Crippen LogP contribution in [0, 0.1) is 0 Å². The number of nitrogens with zero attached hydrogens (tertiary/aromatic N) is 5. The first-order valence-corrected chi connectivity index (χ1v) is 23.5. The van der Waals surface area contributed by atoms with E-state index in [1.54, 1.807) is 58.4 Å². The number of rotatable bonds is 21. The van der Waals surface area contributed by atoms with Gasteiger partial charge in [0.1, 0.15) is 23.9 Å². The van der Waals surface area contributed by atoms with Crippen LogP contribution < -0.4 is 21.7 Å². The van der Waals surface area contributed by atoms with Crippen molar-refractivity contribution in [2.75, 3.05) is 38.5 Å². The molecule has 8 N–H and O–H groups in total. The number of fused-ring (bicyclic) bond motifs is 3. The standard InChI is InChI=1S/C49H56Cl2N10O6/c1-2-33-35(27-57-48(52)44(33)30-10-13-32(63)14-11-30)31-12-15-40(56-26-31)49(67)55-20-16-42(65)53-19-8-6-4-3-5-7-9-41(64)54-21-24-61-23-18-39(59-61)34-25-37(50)46(51)47-45(34)36-28-60(43(66)29-62)22-17-38(36)58-47/h10-15,18,23,25-27,58,62-63H,2-9,16-17,19-22,24,28-29H2,1H3,(H2,52,57)(H,53,65)(H,54,64)(H,55,67). The molecule has 16 nitrogen and oxygen atoms in total. The van der Waals surface area contributed by atoms with Crippen molar-refractivity contribution in [3.05, 3.63) is 99.7 Å². The van der Waals surface area contributed by atoms with Crippen molar-refractivity contribution < 1.29 is 29.4 Å². The smallest absolute Gasteiger partial charge is 0.269 e. The summed E-state index contributed by atoms with van der Waals surface area (Å²) in [5.74, 6) is -0.291. The number of amides is 4. The van der Waals surface area contributed by atoms with Gasteiger partial charge in [0.25, 0.3) is 5.91 Å². The summed E-state index contributed by atoms with van der Waals surface area (Å²) < 4.78 is 1.77. The van der Waals surface area contributed by atoms with E-state index in [0.29, 0.717) is 79.1 Å². The first kappa shape index (κ1) is 48.4. The summed E-state index contributed by atoms with van der Waals surface area (Å²) in [5.41, 5.74) is 14.8. The van der Waals surface area contributed by atoms with E-state index in [2.05, 4.69) is 30.9 Å². The second-order valence-corrected chi connectivity index (χ2v) is 17.3. The Kier molecular flexibility index (Phi) is 16.5. The van der Waals surface area contributed by atoms with Gasteiger partial charge in [-0.15, -0.1) is 0 Å². The second kappa shape index (κ2) is 22.8. The van der Waals surface area contributed by atoms with Crippen molar-refractivity contribution >= 4 is 63.6 Å². The molecule has 7 rings (SSSR count). The third-order valence-electron chi connectivity index (χ3n) is 12.0. The fourth-order valence-corrected chi connectivity index (χ4v) is 8.92. The minimum atomic E-state index is -0.547. The number of pyridine rings is 2. The molecule has 4 amide bonds. The average Bonchev–Trinajstić information content (AvgIpc) is 3.97. The molecule has 0 atom stereocenters. The van der Waals surface area contributed by atoms with Crippen LogP contribution in [-0.4, -0.2) is 96.3 Å². The van der Waals surface area contributed by atoms with Crippen molar-refractivity contribution in [3.63, 3.8) is 0 Å². The summed E-state index contributed by atoms with van der Waals surface area (Å²) in [7, 11) is 0. The van der Waals surface area contributed by atoms with Gasteiger partial charge in [-0.1, -0.05) is 74.0 Å². The fraction of sp³-hybridized carbons (Fsp3) is 0.367. The summed E-state index contributed by atoms with van der Waals surface area (Å²) in [6.07, 6.45) is 12.6. The van der Waals surface area contributed by atoms with Crippen molar-refractivity contribution in [1.82, 2.24) is 45.6 Å². The number of nitrogens with two attached hydrogens (primary N) is 1. The van der Waals surface area contributed by atoms with E-state index in [9.17, 15) is 29.4 Å². The Hall–Kier alpha value is -6.49. The van der Waals surface area contributed by atoms with Gasteiger partial charge in [0.2, 0.25) is 17.7 Å². The molecule has 0 saturated carbocycles. The SMILES string of the molecule is CCc1c(-c2ccc(C(=O)NCCC(=O)NCCCCCCCCC(=O)NCCn3ccc(-c4cc(Cl)c(Cl)c5[nH]c6c(c45)CN(C(=O)CO)CC6)n3)nc2)cnc(N)c1-c1ccc(O)cc1. The van der Waals surface area contributed by atoms with Crippen LogP contribution in [0.1, 0.15) is 85.6 Å². The van der Waals surface area contributed by atoms with Crippen LogP contribution in [0.25, 0.3) is 44.4 Å². The van der Waals surface area contributed by atoms with E-state index in [1.165, 1.54) is 0 Å². The molecule has 352 valence electrons. The van der Waals surface area contributed by atoms with E-state index >= 15 is 0 Å². The Morgan fingerprint density at radius 2 is 1.57 bits per heavy atom. The maximum Gasteiger partial charge on any atom is 0.269 e. The minimum Gasteiger partial charge on any atom is -0.508 e. The molecule has 18 heteroatoms. The molecular formula is C49H56Cl2N10O6. The number of aromatic nitrogens is 5. The highest BCUT2D eigenvalue weighted by Crippen LogP contribution is 2.42. The predicted octanol–water partition coefficient (Wildman–Crippen LogP) is 6.97. The van der Waals surface area contributed by atoms with Crippen LogP contribution in [0.15, 0.2) is 67.1 Å². The normalized spacial score (nSPS) is 12.3. The zero-order valence-corrected chi connectivity index (χ0v) is 39.0. The van der Waals surface area contributed by atoms with E-state index < -0.39 is 6.61 Å². The highest BCUT2D eigenvalue weighted by Gasteiger charge is 2.27. The number of hydrogen-bond acceptors (Lipinski definition) is 10. The van der Waals surface area contributed by atoms with Crippen molar-refractivity contribution in [2.24, 2.45) is 0 Å². The van der Waals surface area contributed by atoms with E-state index in [0.717, 1.165) is 88.5 Å². The van der Waals surface area contributed by atoms with Crippen LogP contribution in [0.3, 0.4) is 0 Å². The van der Waals surface area contributed by atoms with Crippen molar-refractivity contribution in [2.45, 2.75) is 84.2 Å². The van der Waals surface area contributed by atoms with Crippen molar-refractivity contribution in [1.29, 1.82) is 0 Å². The number of hydrogen-bond donors (Lipinski definition) is 7. The van der Waals surface area contributed by atoms with E-state index in [1.807, 2.05) is 25.3 Å². The molecule has 0 radical (unpaired) electrons. The zero-order valence-electron chi connectivity index (χ0n) is 37.5. The molecule has 6 aromatic rings. The second-order valence-electron chi connectivity index (χ2n) is 16.6. The number of phenols is 1. The molecule has 0 aliphatic carbocycles. The highest BCUT2D eigenvalue weighted by atomic mass is 35.5.